The maximum absolute atomic E-state index is 2.53. The van der Waals surface area contributed by atoms with E-state index in [4.69, 9.17) is 0 Å². The normalized spacial score (nSPS) is 11.9. The Morgan fingerprint density at radius 3 is 1.46 bits per heavy atom. The predicted molar refractivity (Wildman–Crippen MR) is 246 cm³/mol. The van der Waals surface area contributed by atoms with Gasteiger partial charge in [0.15, 0.2) is 0 Å². The standard InChI is InChI=1S/C54H32S2/c1-2-16-35(17-3-1)49-52-47(56-53(49)39-29-27-34-15-5-7-19-37(34)31-39)32-45(54-51(52)44-24-12-13-25-46(44)55-54)50-42-22-10-8-20-40(42)48(41-21-9-11-23-43(41)50)38-28-26-33-14-4-6-18-36(33)30-38/h1-32H. The summed E-state index contributed by atoms with van der Waals surface area (Å²) in [4.78, 5) is 1.31. The Bertz CT molecular complexity index is 3470. The Morgan fingerprint density at radius 1 is 0.286 bits per heavy atom. The molecule has 0 nitrogen and oxygen atoms in total. The molecule has 2 aromatic heterocycles. The van der Waals surface area contributed by atoms with Gasteiger partial charge < -0.3 is 0 Å². The highest BCUT2D eigenvalue weighted by Gasteiger charge is 2.25. The first-order valence-electron chi connectivity index (χ1n) is 19.2. The average Bonchev–Trinajstić information content (AvgIpc) is 3.84. The number of thiophene rings is 2. The maximum atomic E-state index is 2.53. The minimum atomic E-state index is 1.25. The van der Waals surface area contributed by atoms with Crippen molar-refractivity contribution in [3.63, 3.8) is 0 Å². The molecule has 0 amide bonds. The van der Waals surface area contributed by atoms with Crippen molar-refractivity contribution in [3.05, 3.63) is 194 Å². The van der Waals surface area contributed by atoms with Crippen molar-refractivity contribution in [1.82, 2.24) is 0 Å². The molecule has 0 radical (unpaired) electrons. The fourth-order valence-electron chi connectivity index (χ4n) is 9.15. The van der Waals surface area contributed by atoms with E-state index >= 15 is 0 Å². The Labute approximate surface area is 332 Å². The Balaban J connectivity index is 1.23. The summed E-state index contributed by atoms with van der Waals surface area (Å²) < 4.78 is 3.97. The smallest absolute Gasteiger partial charge is 0.0441 e. The predicted octanol–water partition coefficient (Wildman–Crippen LogP) is 16.5. The van der Waals surface area contributed by atoms with Crippen molar-refractivity contribution in [2.45, 2.75) is 0 Å². The Hall–Kier alpha value is -6.58. The van der Waals surface area contributed by atoms with Crippen molar-refractivity contribution in [2.24, 2.45) is 0 Å². The van der Waals surface area contributed by atoms with Crippen LogP contribution in [0.15, 0.2) is 194 Å². The zero-order valence-corrected chi connectivity index (χ0v) is 31.9. The maximum Gasteiger partial charge on any atom is 0.0441 e. The van der Waals surface area contributed by atoms with Gasteiger partial charge in [-0.25, -0.2) is 0 Å². The second-order valence-corrected chi connectivity index (χ2v) is 16.8. The van der Waals surface area contributed by atoms with Gasteiger partial charge in [-0.1, -0.05) is 170 Å². The number of rotatable bonds is 4. The highest BCUT2D eigenvalue weighted by atomic mass is 32.1. The van der Waals surface area contributed by atoms with Crippen molar-refractivity contribution in [2.75, 3.05) is 0 Å². The van der Waals surface area contributed by atoms with Gasteiger partial charge in [0.25, 0.3) is 0 Å². The fourth-order valence-corrected chi connectivity index (χ4v) is 11.7. The van der Waals surface area contributed by atoms with Crippen molar-refractivity contribution >= 4 is 96.0 Å². The Kier molecular flexibility index (Phi) is 7.07. The molecule has 12 aromatic rings. The molecule has 0 spiro atoms. The van der Waals surface area contributed by atoms with E-state index in [0.717, 1.165) is 0 Å². The quantitative estimate of drug-likeness (QED) is 0.157. The van der Waals surface area contributed by atoms with Crippen LogP contribution in [-0.2, 0) is 0 Å². The number of fused-ring (bicyclic) bond motifs is 9. The molecule has 0 saturated heterocycles. The van der Waals surface area contributed by atoms with Crippen LogP contribution in [0.4, 0.5) is 0 Å². The second-order valence-electron chi connectivity index (χ2n) is 14.7. The van der Waals surface area contributed by atoms with Crippen molar-refractivity contribution in [1.29, 1.82) is 0 Å². The largest absolute Gasteiger partial charge is 0.135 e. The summed E-state index contributed by atoms with van der Waals surface area (Å²) in [6.45, 7) is 0. The lowest BCUT2D eigenvalue weighted by Gasteiger charge is -2.19. The fraction of sp³-hybridized carbons (Fsp3) is 0. The van der Waals surface area contributed by atoms with Crippen LogP contribution >= 0.6 is 22.7 Å². The van der Waals surface area contributed by atoms with E-state index in [9.17, 15) is 0 Å². The van der Waals surface area contributed by atoms with E-state index < -0.39 is 0 Å². The van der Waals surface area contributed by atoms with E-state index in [1.807, 2.05) is 22.7 Å². The van der Waals surface area contributed by atoms with Crippen molar-refractivity contribution < 1.29 is 0 Å². The van der Waals surface area contributed by atoms with Gasteiger partial charge in [-0.15, -0.1) is 22.7 Å². The van der Waals surface area contributed by atoms with Crippen LogP contribution in [0.1, 0.15) is 0 Å². The molecule has 0 N–H and O–H groups in total. The van der Waals surface area contributed by atoms with E-state index in [-0.39, 0.29) is 0 Å². The molecule has 0 atom stereocenters. The van der Waals surface area contributed by atoms with Crippen molar-refractivity contribution in [3.8, 4) is 43.8 Å². The van der Waals surface area contributed by atoms with Gasteiger partial charge in [-0.3, -0.25) is 0 Å². The van der Waals surface area contributed by atoms with Gasteiger partial charge in [0.2, 0.25) is 0 Å². The minimum Gasteiger partial charge on any atom is -0.135 e. The van der Waals surface area contributed by atoms with Gasteiger partial charge in [-0.2, -0.15) is 0 Å². The first kappa shape index (κ1) is 31.7. The van der Waals surface area contributed by atoms with Crippen LogP contribution < -0.4 is 0 Å². The number of benzene rings is 10. The molecular weight excluding hydrogens is 713 g/mol. The highest BCUT2D eigenvalue weighted by molar-refractivity contribution is 7.27. The summed E-state index contributed by atoms with van der Waals surface area (Å²) in [5.74, 6) is 0. The van der Waals surface area contributed by atoms with Gasteiger partial charge >= 0.3 is 0 Å². The van der Waals surface area contributed by atoms with Crippen LogP contribution in [0, 0.1) is 0 Å². The van der Waals surface area contributed by atoms with Crippen LogP contribution in [0.25, 0.3) is 117 Å². The summed E-state index contributed by atoms with van der Waals surface area (Å²) in [5, 5.41) is 14.2. The zero-order valence-electron chi connectivity index (χ0n) is 30.3. The molecule has 0 fully saturated rings. The van der Waals surface area contributed by atoms with Gasteiger partial charge in [0.05, 0.1) is 0 Å². The van der Waals surface area contributed by atoms with Crippen LogP contribution in [0.5, 0.6) is 0 Å². The molecule has 0 saturated carbocycles. The second kappa shape index (κ2) is 12.5. The van der Waals surface area contributed by atoms with Gasteiger partial charge in [0.1, 0.15) is 0 Å². The molecule has 56 heavy (non-hydrogen) atoms. The molecule has 0 aliphatic heterocycles. The molecule has 12 rings (SSSR count). The van der Waals surface area contributed by atoms with Crippen LogP contribution in [0.2, 0.25) is 0 Å². The third-order valence-electron chi connectivity index (χ3n) is 11.6. The molecule has 0 aliphatic carbocycles. The van der Waals surface area contributed by atoms with Gasteiger partial charge in [0, 0.05) is 46.3 Å². The van der Waals surface area contributed by atoms with Gasteiger partial charge in [-0.05, 0) is 95.2 Å². The first-order valence-corrected chi connectivity index (χ1v) is 20.8. The van der Waals surface area contributed by atoms with Crippen LogP contribution in [0.3, 0.4) is 0 Å². The molecule has 260 valence electrons. The summed E-state index contributed by atoms with van der Waals surface area (Å²) in [6.07, 6.45) is 0. The Morgan fingerprint density at radius 2 is 0.804 bits per heavy atom. The lowest BCUT2D eigenvalue weighted by molar-refractivity contribution is 1.68. The van der Waals surface area contributed by atoms with E-state index in [0.29, 0.717) is 0 Å². The number of hydrogen-bond donors (Lipinski definition) is 0. The number of hydrogen-bond acceptors (Lipinski definition) is 2. The van der Waals surface area contributed by atoms with E-state index in [1.165, 1.54) is 117 Å². The summed E-state index contributed by atoms with van der Waals surface area (Å²) in [7, 11) is 0. The van der Waals surface area contributed by atoms with Crippen LogP contribution in [-0.4, -0.2) is 0 Å². The summed E-state index contributed by atoms with van der Waals surface area (Å²) in [5.41, 5.74) is 8.98. The lowest BCUT2D eigenvalue weighted by Crippen LogP contribution is -1.91. The third kappa shape index (κ3) is 4.77. The van der Waals surface area contributed by atoms with E-state index in [1.54, 1.807) is 0 Å². The molecule has 2 heteroatoms. The highest BCUT2D eigenvalue weighted by Crippen LogP contribution is 2.55. The molecule has 2 heterocycles. The van der Waals surface area contributed by atoms with E-state index in [2.05, 4.69) is 194 Å². The topological polar surface area (TPSA) is 0 Å². The SMILES string of the molecule is c1ccc(-c2c(-c3ccc4ccccc4c3)sc3cc(-c4c5ccccc5c(-c5ccc6ccccc6c5)c5ccccc45)c4sc5ccccc5c4c23)cc1. The molecular formula is C54H32S2. The average molecular weight is 745 g/mol. The summed E-state index contributed by atoms with van der Waals surface area (Å²) in [6, 6.07) is 72.0. The monoisotopic (exact) mass is 744 g/mol. The molecule has 0 aliphatic rings. The molecule has 0 unspecified atom stereocenters. The first-order chi connectivity index (χ1) is 27.8. The summed E-state index contributed by atoms with van der Waals surface area (Å²) >= 11 is 3.87. The zero-order chi connectivity index (χ0) is 36.7. The molecule has 10 aromatic carbocycles. The molecule has 0 bridgehead atoms. The third-order valence-corrected chi connectivity index (χ3v) is 14.0. The lowest BCUT2D eigenvalue weighted by atomic mass is 9.85. The minimum absolute atomic E-state index is 1.25.